The Kier molecular flexibility index (Phi) is 7.53. The van der Waals surface area contributed by atoms with Gasteiger partial charge in [-0.3, -0.25) is 4.90 Å². The Bertz CT molecular complexity index is 527. The molecule has 1 heterocycles. The summed E-state index contributed by atoms with van der Waals surface area (Å²) in [7, 11) is 0. The minimum absolute atomic E-state index is 0.713. The highest BCUT2D eigenvalue weighted by molar-refractivity contribution is 5.79. The second-order valence-electron chi connectivity index (χ2n) is 6.45. The van der Waals surface area contributed by atoms with Gasteiger partial charge in [-0.15, -0.1) is 0 Å². The Morgan fingerprint density at radius 2 is 1.79 bits per heavy atom. The summed E-state index contributed by atoms with van der Waals surface area (Å²) < 4.78 is 5.39. The van der Waals surface area contributed by atoms with Crippen LogP contribution in [0.2, 0.25) is 0 Å². The van der Waals surface area contributed by atoms with Crippen LogP contribution in [-0.4, -0.2) is 56.8 Å². The molecule has 0 radical (unpaired) electrons. The number of nitrogens with zero attached hydrogens (tertiary/aromatic N) is 2. The Labute approximate surface area is 146 Å². The second-order valence-corrected chi connectivity index (χ2v) is 6.45. The number of ether oxygens (including phenoxy) is 1. The third-order valence-corrected chi connectivity index (χ3v) is 4.40. The average Bonchev–Trinajstić information content (AvgIpc) is 2.54. The van der Waals surface area contributed by atoms with Gasteiger partial charge in [-0.05, 0) is 44.4 Å². The number of aryl methyl sites for hydroxylation is 3. The van der Waals surface area contributed by atoms with Crippen LogP contribution >= 0.6 is 0 Å². The number of rotatable bonds is 6. The van der Waals surface area contributed by atoms with E-state index in [-0.39, 0.29) is 0 Å². The first-order valence-corrected chi connectivity index (χ1v) is 8.99. The molecule has 2 N–H and O–H groups in total. The predicted molar refractivity (Wildman–Crippen MR) is 101 cm³/mol. The zero-order chi connectivity index (χ0) is 17.4. The molecule has 24 heavy (non-hydrogen) atoms. The highest BCUT2D eigenvalue weighted by Gasteiger charge is 2.10. The molecule has 134 valence electrons. The topological polar surface area (TPSA) is 48.9 Å². The quantitative estimate of drug-likeness (QED) is 0.618. The Hall–Kier alpha value is -1.59. The summed E-state index contributed by atoms with van der Waals surface area (Å²) in [5.41, 5.74) is 5.28. The van der Waals surface area contributed by atoms with Crippen LogP contribution in [0.5, 0.6) is 0 Å². The van der Waals surface area contributed by atoms with Gasteiger partial charge in [0.1, 0.15) is 0 Å². The lowest BCUT2D eigenvalue weighted by Crippen LogP contribution is -2.44. The lowest BCUT2D eigenvalue weighted by molar-refractivity contribution is 0.0389. The lowest BCUT2D eigenvalue weighted by atomic mass is 10.00. The van der Waals surface area contributed by atoms with Gasteiger partial charge in [-0.25, -0.2) is 4.99 Å². The van der Waals surface area contributed by atoms with Crippen molar-refractivity contribution in [1.82, 2.24) is 15.5 Å². The van der Waals surface area contributed by atoms with E-state index >= 15 is 0 Å². The number of hydrogen-bond donors (Lipinski definition) is 2. The monoisotopic (exact) mass is 332 g/mol. The summed E-state index contributed by atoms with van der Waals surface area (Å²) in [5.74, 6) is 0.894. The van der Waals surface area contributed by atoms with Crippen molar-refractivity contribution < 1.29 is 4.74 Å². The van der Waals surface area contributed by atoms with Crippen molar-refractivity contribution in [3.63, 3.8) is 0 Å². The van der Waals surface area contributed by atoms with E-state index in [0.717, 1.165) is 51.9 Å². The van der Waals surface area contributed by atoms with Crippen molar-refractivity contribution in [1.29, 1.82) is 0 Å². The van der Waals surface area contributed by atoms with Gasteiger partial charge in [-0.2, -0.15) is 0 Å². The molecule has 1 saturated heterocycles. The van der Waals surface area contributed by atoms with Crippen LogP contribution in [0, 0.1) is 20.8 Å². The highest BCUT2D eigenvalue weighted by atomic mass is 16.5. The minimum Gasteiger partial charge on any atom is -0.379 e. The second kappa shape index (κ2) is 9.64. The molecule has 1 aliphatic heterocycles. The van der Waals surface area contributed by atoms with Crippen LogP contribution in [0.25, 0.3) is 0 Å². The molecule has 0 unspecified atom stereocenters. The molecule has 1 aliphatic rings. The molecule has 2 rings (SSSR count). The smallest absolute Gasteiger partial charge is 0.191 e. The molecule has 1 aromatic rings. The fraction of sp³-hybridized carbons (Fsp3) is 0.632. The first-order valence-electron chi connectivity index (χ1n) is 8.99. The minimum atomic E-state index is 0.713. The van der Waals surface area contributed by atoms with Gasteiger partial charge in [0.2, 0.25) is 0 Å². The molecule has 1 aromatic carbocycles. The molecule has 0 bridgehead atoms. The third-order valence-electron chi connectivity index (χ3n) is 4.40. The van der Waals surface area contributed by atoms with E-state index in [0.29, 0.717) is 6.54 Å². The normalized spacial score (nSPS) is 16.2. The van der Waals surface area contributed by atoms with Crippen LogP contribution in [0.15, 0.2) is 17.1 Å². The largest absolute Gasteiger partial charge is 0.379 e. The van der Waals surface area contributed by atoms with E-state index < -0.39 is 0 Å². The van der Waals surface area contributed by atoms with Crippen LogP contribution in [-0.2, 0) is 11.3 Å². The molecular formula is C19H32N4O. The third kappa shape index (κ3) is 5.80. The van der Waals surface area contributed by atoms with E-state index in [9.17, 15) is 0 Å². The van der Waals surface area contributed by atoms with E-state index in [4.69, 9.17) is 9.73 Å². The molecule has 5 heteroatoms. The molecule has 0 spiro atoms. The van der Waals surface area contributed by atoms with E-state index in [2.05, 4.69) is 55.4 Å². The molecule has 0 amide bonds. The number of guanidine groups is 1. The van der Waals surface area contributed by atoms with Gasteiger partial charge < -0.3 is 15.4 Å². The fourth-order valence-electron chi connectivity index (χ4n) is 3.12. The van der Waals surface area contributed by atoms with Crippen molar-refractivity contribution in [3.05, 3.63) is 34.4 Å². The first kappa shape index (κ1) is 18.7. The maximum atomic E-state index is 5.39. The summed E-state index contributed by atoms with van der Waals surface area (Å²) >= 11 is 0. The van der Waals surface area contributed by atoms with E-state index in [1.165, 1.54) is 22.3 Å². The van der Waals surface area contributed by atoms with Gasteiger partial charge in [-0.1, -0.05) is 17.7 Å². The molecule has 0 aliphatic carbocycles. The van der Waals surface area contributed by atoms with Crippen LogP contribution in [0.1, 0.15) is 29.2 Å². The van der Waals surface area contributed by atoms with Crippen molar-refractivity contribution in [3.8, 4) is 0 Å². The summed E-state index contributed by atoms with van der Waals surface area (Å²) in [6.07, 6.45) is 0. The van der Waals surface area contributed by atoms with Crippen LogP contribution in [0.3, 0.4) is 0 Å². The standard InChI is InChI=1S/C19H32N4O/c1-5-20-19(21-6-7-23-8-10-24-11-9-23)22-14-18-16(3)12-15(2)13-17(18)4/h12-13H,5-11,14H2,1-4H3,(H2,20,21,22). The zero-order valence-electron chi connectivity index (χ0n) is 15.6. The molecule has 1 fully saturated rings. The van der Waals surface area contributed by atoms with Crippen molar-refractivity contribution >= 4 is 5.96 Å². The maximum Gasteiger partial charge on any atom is 0.191 e. The van der Waals surface area contributed by atoms with Gasteiger partial charge in [0.05, 0.1) is 19.8 Å². The van der Waals surface area contributed by atoms with Crippen molar-refractivity contribution in [2.75, 3.05) is 45.9 Å². The van der Waals surface area contributed by atoms with Crippen LogP contribution < -0.4 is 10.6 Å². The SMILES string of the molecule is CCNC(=NCc1c(C)cc(C)cc1C)NCCN1CCOCC1. The van der Waals surface area contributed by atoms with Gasteiger partial charge in [0, 0.05) is 32.7 Å². The summed E-state index contributed by atoms with van der Waals surface area (Å²) in [6, 6.07) is 4.47. The Morgan fingerprint density at radius 3 is 2.42 bits per heavy atom. The number of aliphatic imine (C=N–C) groups is 1. The van der Waals surface area contributed by atoms with E-state index in [1.807, 2.05) is 0 Å². The van der Waals surface area contributed by atoms with Gasteiger partial charge >= 0.3 is 0 Å². The summed E-state index contributed by atoms with van der Waals surface area (Å²) in [6.45, 7) is 15.8. The van der Waals surface area contributed by atoms with Gasteiger partial charge in [0.25, 0.3) is 0 Å². The molecule has 0 aromatic heterocycles. The zero-order valence-corrected chi connectivity index (χ0v) is 15.6. The first-order chi connectivity index (χ1) is 11.6. The Balaban J connectivity index is 1.90. The van der Waals surface area contributed by atoms with Crippen molar-refractivity contribution in [2.24, 2.45) is 4.99 Å². The van der Waals surface area contributed by atoms with Crippen molar-refractivity contribution in [2.45, 2.75) is 34.2 Å². The summed E-state index contributed by atoms with van der Waals surface area (Å²) in [5, 5.41) is 6.78. The van der Waals surface area contributed by atoms with Gasteiger partial charge in [0.15, 0.2) is 5.96 Å². The predicted octanol–water partition coefficient (Wildman–Crippen LogP) is 2.00. The number of morpholine rings is 1. The number of benzene rings is 1. The molecule has 0 saturated carbocycles. The lowest BCUT2D eigenvalue weighted by Gasteiger charge is -2.26. The molecule has 0 atom stereocenters. The van der Waals surface area contributed by atoms with E-state index in [1.54, 1.807) is 0 Å². The number of nitrogens with one attached hydrogen (secondary N) is 2. The van der Waals surface area contributed by atoms with Crippen LogP contribution in [0.4, 0.5) is 0 Å². The number of hydrogen-bond acceptors (Lipinski definition) is 3. The Morgan fingerprint density at radius 1 is 1.12 bits per heavy atom. The molecule has 5 nitrogen and oxygen atoms in total. The highest BCUT2D eigenvalue weighted by Crippen LogP contribution is 2.17. The fourth-order valence-corrected chi connectivity index (χ4v) is 3.12. The maximum absolute atomic E-state index is 5.39. The molecular weight excluding hydrogens is 300 g/mol. The summed E-state index contributed by atoms with van der Waals surface area (Å²) in [4.78, 5) is 7.19. The average molecular weight is 332 g/mol.